The summed E-state index contributed by atoms with van der Waals surface area (Å²) in [4.78, 5) is 25.4. The quantitative estimate of drug-likeness (QED) is 0.688. The van der Waals surface area contributed by atoms with Crippen LogP contribution in [0.1, 0.15) is 38.2 Å². The van der Waals surface area contributed by atoms with E-state index in [0.29, 0.717) is 32.4 Å². The molecule has 0 unspecified atom stereocenters. The molecular formula is C19H28N2O5S. The Balaban J connectivity index is 1.99. The third-order valence-corrected chi connectivity index (χ3v) is 6.76. The number of hydrogen-bond acceptors (Lipinski definition) is 4. The number of rotatable bonds is 9. The fourth-order valence-electron chi connectivity index (χ4n) is 3.27. The summed E-state index contributed by atoms with van der Waals surface area (Å²) in [6.07, 6.45) is 2.30. The minimum Gasteiger partial charge on any atom is -0.480 e. The van der Waals surface area contributed by atoms with Gasteiger partial charge in [0.25, 0.3) is 0 Å². The highest BCUT2D eigenvalue weighted by Gasteiger charge is 2.33. The van der Waals surface area contributed by atoms with Crippen LogP contribution in [0.5, 0.6) is 0 Å². The average molecular weight is 397 g/mol. The Labute approximate surface area is 161 Å². The molecule has 7 nitrogen and oxygen atoms in total. The fourth-order valence-corrected chi connectivity index (χ4v) is 4.95. The Morgan fingerprint density at radius 2 is 1.81 bits per heavy atom. The summed E-state index contributed by atoms with van der Waals surface area (Å²) < 4.78 is 26.1. The molecule has 8 heteroatoms. The molecule has 0 aromatic heterocycles. The lowest BCUT2D eigenvalue weighted by molar-refractivity contribution is -0.147. The van der Waals surface area contributed by atoms with Crippen LogP contribution in [0.25, 0.3) is 0 Å². The number of nitrogens with zero attached hydrogens (tertiary/aromatic N) is 2. The number of piperidine rings is 1. The van der Waals surface area contributed by atoms with Gasteiger partial charge in [0, 0.05) is 25.6 Å². The maximum Gasteiger partial charge on any atom is 0.323 e. The molecule has 1 heterocycles. The van der Waals surface area contributed by atoms with Crippen LogP contribution in [-0.4, -0.2) is 60.0 Å². The number of amides is 1. The van der Waals surface area contributed by atoms with Crippen LogP contribution >= 0.6 is 0 Å². The smallest absolute Gasteiger partial charge is 0.323 e. The summed E-state index contributed by atoms with van der Waals surface area (Å²) in [7, 11) is -3.27. The van der Waals surface area contributed by atoms with Crippen molar-refractivity contribution in [2.75, 3.05) is 25.4 Å². The minimum atomic E-state index is -3.27. The number of hydrogen-bond donors (Lipinski definition) is 1. The van der Waals surface area contributed by atoms with Gasteiger partial charge in [-0.25, -0.2) is 12.7 Å². The Morgan fingerprint density at radius 1 is 1.19 bits per heavy atom. The van der Waals surface area contributed by atoms with Gasteiger partial charge in [-0.15, -0.1) is 0 Å². The molecule has 1 aromatic rings. The summed E-state index contributed by atoms with van der Waals surface area (Å²) >= 11 is 0. The monoisotopic (exact) mass is 396 g/mol. The maximum atomic E-state index is 12.9. The predicted octanol–water partition coefficient (Wildman–Crippen LogP) is 1.94. The molecule has 150 valence electrons. The maximum absolute atomic E-state index is 12.9. The van der Waals surface area contributed by atoms with Crippen molar-refractivity contribution in [2.24, 2.45) is 5.92 Å². The molecular weight excluding hydrogens is 368 g/mol. The highest BCUT2D eigenvalue weighted by atomic mass is 32.2. The molecule has 0 atom stereocenters. The first-order chi connectivity index (χ1) is 12.8. The van der Waals surface area contributed by atoms with Crippen molar-refractivity contribution in [3.05, 3.63) is 35.9 Å². The van der Waals surface area contributed by atoms with Crippen molar-refractivity contribution in [3.8, 4) is 0 Å². The predicted molar refractivity (Wildman–Crippen MR) is 102 cm³/mol. The Hall–Kier alpha value is -1.93. The summed E-state index contributed by atoms with van der Waals surface area (Å²) in [5.41, 5.74) is 0.867. The van der Waals surface area contributed by atoms with E-state index < -0.39 is 16.0 Å². The summed E-state index contributed by atoms with van der Waals surface area (Å²) in [6.45, 7) is 2.46. The lowest BCUT2D eigenvalue weighted by atomic mass is 9.96. The van der Waals surface area contributed by atoms with E-state index in [-0.39, 0.29) is 30.7 Å². The molecule has 0 bridgehead atoms. The second-order valence-corrected chi connectivity index (χ2v) is 9.00. The number of unbranched alkanes of at least 4 members (excludes halogenated alkanes) is 1. The molecule has 0 spiro atoms. The molecule has 1 saturated heterocycles. The summed E-state index contributed by atoms with van der Waals surface area (Å²) in [5, 5.41) is 9.16. The molecule has 1 amide bonds. The van der Waals surface area contributed by atoms with Crippen molar-refractivity contribution in [1.82, 2.24) is 9.21 Å². The third kappa shape index (κ3) is 6.32. The van der Waals surface area contributed by atoms with Gasteiger partial charge in [0.2, 0.25) is 15.9 Å². The van der Waals surface area contributed by atoms with E-state index >= 15 is 0 Å². The molecule has 0 aliphatic carbocycles. The topological polar surface area (TPSA) is 95.0 Å². The zero-order valence-corrected chi connectivity index (χ0v) is 16.5. The van der Waals surface area contributed by atoms with E-state index in [9.17, 15) is 18.0 Å². The summed E-state index contributed by atoms with van der Waals surface area (Å²) in [6, 6.07) is 9.26. The normalized spacial score (nSPS) is 16.2. The SMILES string of the molecule is CCCCS(=O)(=O)N1CCC(C(=O)N(CC(=O)O)Cc2ccccc2)CC1. The molecule has 0 radical (unpaired) electrons. The largest absolute Gasteiger partial charge is 0.480 e. The highest BCUT2D eigenvalue weighted by Crippen LogP contribution is 2.23. The van der Waals surface area contributed by atoms with Gasteiger partial charge in [-0.2, -0.15) is 0 Å². The molecule has 0 saturated carbocycles. The van der Waals surface area contributed by atoms with Crippen LogP contribution < -0.4 is 0 Å². The fraction of sp³-hybridized carbons (Fsp3) is 0.579. The lowest BCUT2D eigenvalue weighted by Crippen LogP contribution is -2.45. The van der Waals surface area contributed by atoms with Crippen molar-refractivity contribution in [3.63, 3.8) is 0 Å². The lowest BCUT2D eigenvalue weighted by Gasteiger charge is -2.33. The Morgan fingerprint density at radius 3 is 2.37 bits per heavy atom. The van der Waals surface area contributed by atoms with Gasteiger partial charge in [0.1, 0.15) is 6.54 Å². The van der Waals surface area contributed by atoms with Gasteiger partial charge in [-0.3, -0.25) is 9.59 Å². The zero-order chi connectivity index (χ0) is 19.9. The van der Waals surface area contributed by atoms with Crippen LogP contribution in [0.2, 0.25) is 0 Å². The van der Waals surface area contributed by atoms with Crippen LogP contribution in [0, 0.1) is 5.92 Å². The highest BCUT2D eigenvalue weighted by molar-refractivity contribution is 7.89. The minimum absolute atomic E-state index is 0.140. The van der Waals surface area contributed by atoms with Crippen molar-refractivity contribution < 1.29 is 23.1 Å². The van der Waals surface area contributed by atoms with Crippen LogP contribution in [-0.2, 0) is 26.2 Å². The second-order valence-electron chi connectivity index (χ2n) is 6.92. The van der Waals surface area contributed by atoms with E-state index in [1.54, 1.807) is 0 Å². The first kappa shape index (κ1) is 21.4. The van der Waals surface area contributed by atoms with Crippen LogP contribution in [0.3, 0.4) is 0 Å². The van der Waals surface area contributed by atoms with Gasteiger partial charge < -0.3 is 10.0 Å². The van der Waals surface area contributed by atoms with Crippen LogP contribution in [0.4, 0.5) is 0 Å². The van der Waals surface area contributed by atoms with Gasteiger partial charge in [0.05, 0.1) is 5.75 Å². The standard InChI is InChI=1S/C19H28N2O5S/c1-2-3-13-27(25,26)21-11-9-17(10-12-21)19(24)20(15-18(22)23)14-16-7-5-4-6-8-16/h4-8,17H,2-3,9-15H2,1H3,(H,22,23). The van der Waals surface area contributed by atoms with Crippen molar-refractivity contribution in [2.45, 2.75) is 39.2 Å². The van der Waals surface area contributed by atoms with Gasteiger partial charge in [-0.05, 0) is 24.8 Å². The van der Waals surface area contributed by atoms with Crippen molar-refractivity contribution >= 4 is 21.9 Å². The first-order valence-electron chi connectivity index (χ1n) is 9.36. The average Bonchev–Trinajstić information content (AvgIpc) is 2.66. The summed E-state index contributed by atoms with van der Waals surface area (Å²) in [5.74, 6) is -1.47. The van der Waals surface area contributed by atoms with E-state index in [0.717, 1.165) is 12.0 Å². The van der Waals surface area contributed by atoms with E-state index in [1.807, 2.05) is 37.3 Å². The molecule has 1 N–H and O–H groups in total. The number of aliphatic carboxylic acids is 1. The van der Waals surface area contributed by atoms with E-state index in [2.05, 4.69) is 0 Å². The van der Waals surface area contributed by atoms with E-state index in [4.69, 9.17) is 5.11 Å². The van der Waals surface area contributed by atoms with E-state index in [1.165, 1.54) is 9.21 Å². The molecule has 1 fully saturated rings. The van der Waals surface area contributed by atoms with Gasteiger partial charge in [0.15, 0.2) is 0 Å². The number of carboxylic acid groups (broad SMARTS) is 1. The van der Waals surface area contributed by atoms with Gasteiger partial charge >= 0.3 is 5.97 Å². The Bertz CT molecular complexity index is 728. The zero-order valence-electron chi connectivity index (χ0n) is 15.7. The number of benzene rings is 1. The molecule has 1 aromatic carbocycles. The number of sulfonamides is 1. The molecule has 1 aliphatic heterocycles. The van der Waals surface area contributed by atoms with Crippen molar-refractivity contribution in [1.29, 1.82) is 0 Å². The first-order valence-corrected chi connectivity index (χ1v) is 11.0. The van der Waals surface area contributed by atoms with Crippen LogP contribution in [0.15, 0.2) is 30.3 Å². The number of carbonyl (C=O) groups excluding carboxylic acids is 1. The van der Waals surface area contributed by atoms with Gasteiger partial charge in [-0.1, -0.05) is 43.7 Å². The molecule has 1 aliphatic rings. The number of carboxylic acids is 1. The Kier molecular flexibility index (Phi) is 7.79. The molecule has 27 heavy (non-hydrogen) atoms. The second kappa shape index (κ2) is 9.85. The number of carbonyl (C=O) groups is 2. The molecule has 2 rings (SSSR count). The third-order valence-electron chi connectivity index (χ3n) is 4.81.